The average Bonchev–Trinajstić information content (AvgIpc) is 2.93. The Bertz CT molecular complexity index is 577. The smallest absolute Gasteiger partial charge is 0.119 e. The third-order valence-electron chi connectivity index (χ3n) is 3.34. The van der Waals surface area contributed by atoms with E-state index in [4.69, 9.17) is 4.74 Å². The lowest BCUT2D eigenvalue weighted by atomic mass is 10.0. The van der Waals surface area contributed by atoms with Crippen molar-refractivity contribution in [1.29, 1.82) is 0 Å². The number of aryl methyl sites for hydroxylation is 1. The Morgan fingerprint density at radius 1 is 1.33 bits per heavy atom. The van der Waals surface area contributed by atoms with Crippen LogP contribution >= 0.6 is 0 Å². The molecule has 0 saturated heterocycles. The zero-order valence-electron chi connectivity index (χ0n) is 13.3. The lowest BCUT2D eigenvalue weighted by Crippen LogP contribution is -2.22. The maximum Gasteiger partial charge on any atom is 0.119 e. The van der Waals surface area contributed by atoms with Gasteiger partial charge in [-0.25, -0.2) is 4.68 Å². The molecule has 0 aliphatic heterocycles. The molecule has 0 aliphatic rings. The van der Waals surface area contributed by atoms with Crippen LogP contribution in [0.4, 0.5) is 0 Å². The van der Waals surface area contributed by atoms with Crippen LogP contribution in [0.15, 0.2) is 24.4 Å². The highest BCUT2D eigenvalue weighted by Gasteiger charge is 2.12. The molecule has 1 heterocycles. The molecule has 5 heteroatoms. The quantitative estimate of drug-likeness (QED) is 0.851. The summed E-state index contributed by atoms with van der Waals surface area (Å²) in [5.74, 6) is 0.869. The van der Waals surface area contributed by atoms with E-state index in [2.05, 4.69) is 48.5 Å². The van der Waals surface area contributed by atoms with E-state index in [0.29, 0.717) is 6.04 Å². The Labute approximate surface area is 126 Å². The first-order valence-electron chi connectivity index (χ1n) is 7.44. The SMILES string of the molecule is CCCn1nncc1-c1ccc(OC)cc1CNC(C)C. The van der Waals surface area contributed by atoms with Gasteiger partial charge in [-0.3, -0.25) is 0 Å². The van der Waals surface area contributed by atoms with Gasteiger partial charge in [-0.1, -0.05) is 26.0 Å². The Hall–Kier alpha value is -1.88. The number of methoxy groups -OCH3 is 1. The van der Waals surface area contributed by atoms with E-state index in [1.807, 2.05) is 16.9 Å². The first kappa shape index (κ1) is 15.5. The highest BCUT2D eigenvalue weighted by atomic mass is 16.5. The number of benzene rings is 1. The van der Waals surface area contributed by atoms with E-state index in [9.17, 15) is 0 Å². The van der Waals surface area contributed by atoms with Crippen LogP contribution in [0.1, 0.15) is 32.8 Å². The molecule has 0 aliphatic carbocycles. The van der Waals surface area contributed by atoms with Crippen LogP contribution in [0.5, 0.6) is 5.75 Å². The monoisotopic (exact) mass is 288 g/mol. The van der Waals surface area contributed by atoms with Crippen molar-refractivity contribution < 1.29 is 4.74 Å². The lowest BCUT2D eigenvalue weighted by Gasteiger charge is -2.14. The molecule has 0 radical (unpaired) electrons. The maximum atomic E-state index is 5.35. The fraction of sp³-hybridized carbons (Fsp3) is 0.500. The third kappa shape index (κ3) is 3.82. The summed E-state index contributed by atoms with van der Waals surface area (Å²) in [7, 11) is 1.69. The van der Waals surface area contributed by atoms with E-state index in [-0.39, 0.29) is 0 Å². The topological polar surface area (TPSA) is 52.0 Å². The van der Waals surface area contributed by atoms with Gasteiger partial charge in [-0.05, 0) is 30.2 Å². The van der Waals surface area contributed by atoms with Gasteiger partial charge >= 0.3 is 0 Å². The molecule has 0 bridgehead atoms. The summed E-state index contributed by atoms with van der Waals surface area (Å²) in [4.78, 5) is 0. The van der Waals surface area contributed by atoms with Crippen LogP contribution in [0, 0.1) is 0 Å². The van der Waals surface area contributed by atoms with Gasteiger partial charge in [0.25, 0.3) is 0 Å². The van der Waals surface area contributed by atoms with Gasteiger partial charge < -0.3 is 10.1 Å². The van der Waals surface area contributed by atoms with E-state index in [1.54, 1.807) is 7.11 Å². The summed E-state index contributed by atoms with van der Waals surface area (Å²) in [5.41, 5.74) is 3.41. The number of hydrogen-bond donors (Lipinski definition) is 1. The fourth-order valence-corrected chi connectivity index (χ4v) is 2.25. The summed E-state index contributed by atoms with van der Waals surface area (Å²) >= 11 is 0. The third-order valence-corrected chi connectivity index (χ3v) is 3.34. The Morgan fingerprint density at radius 2 is 2.14 bits per heavy atom. The van der Waals surface area contributed by atoms with E-state index < -0.39 is 0 Å². The van der Waals surface area contributed by atoms with Crippen LogP contribution in [0.25, 0.3) is 11.3 Å². The molecule has 114 valence electrons. The number of rotatable bonds is 7. The van der Waals surface area contributed by atoms with Crippen LogP contribution in [-0.2, 0) is 13.1 Å². The largest absolute Gasteiger partial charge is 0.497 e. The van der Waals surface area contributed by atoms with Crippen molar-refractivity contribution in [3.05, 3.63) is 30.0 Å². The predicted octanol–water partition coefficient (Wildman–Crippen LogP) is 2.86. The Balaban J connectivity index is 2.38. The average molecular weight is 288 g/mol. The molecule has 0 atom stereocenters. The van der Waals surface area contributed by atoms with Crippen molar-refractivity contribution in [2.45, 2.75) is 46.3 Å². The van der Waals surface area contributed by atoms with Crippen molar-refractivity contribution in [3.63, 3.8) is 0 Å². The normalized spacial score (nSPS) is 11.1. The molecular formula is C16H24N4O. The standard InChI is InChI=1S/C16H24N4O/c1-5-8-20-16(11-18-19-20)15-7-6-14(21-4)9-13(15)10-17-12(2)3/h6-7,9,11-12,17H,5,8,10H2,1-4H3. The van der Waals surface area contributed by atoms with Crippen molar-refractivity contribution in [1.82, 2.24) is 20.3 Å². The first-order valence-corrected chi connectivity index (χ1v) is 7.44. The second-order valence-corrected chi connectivity index (χ2v) is 5.40. The van der Waals surface area contributed by atoms with Gasteiger partial charge in [0.15, 0.2) is 0 Å². The van der Waals surface area contributed by atoms with Crippen molar-refractivity contribution in [2.24, 2.45) is 0 Å². The van der Waals surface area contributed by atoms with Gasteiger partial charge in [-0.2, -0.15) is 0 Å². The van der Waals surface area contributed by atoms with E-state index in [1.165, 1.54) is 5.56 Å². The van der Waals surface area contributed by atoms with E-state index in [0.717, 1.165) is 36.5 Å². The minimum atomic E-state index is 0.433. The molecule has 0 unspecified atom stereocenters. The Kier molecular flexibility index (Phi) is 5.33. The number of nitrogens with one attached hydrogen (secondary N) is 1. The van der Waals surface area contributed by atoms with Crippen LogP contribution in [-0.4, -0.2) is 28.1 Å². The molecule has 21 heavy (non-hydrogen) atoms. The zero-order valence-corrected chi connectivity index (χ0v) is 13.3. The number of ether oxygens (including phenoxy) is 1. The predicted molar refractivity (Wildman–Crippen MR) is 84.3 cm³/mol. The highest BCUT2D eigenvalue weighted by molar-refractivity contribution is 5.64. The summed E-state index contributed by atoms with van der Waals surface area (Å²) in [6.45, 7) is 8.09. The molecule has 2 aromatic rings. The van der Waals surface area contributed by atoms with Gasteiger partial charge in [0.1, 0.15) is 5.75 Å². The molecule has 1 aromatic heterocycles. The molecule has 0 fully saturated rings. The van der Waals surface area contributed by atoms with Crippen LogP contribution in [0.2, 0.25) is 0 Å². The van der Waals surface area contributed by atoms with E-state index >= 15 is 0 Å². The summed E-state index contributed by atoms with van der Waals surface area (Å²) in [6.07, 6.45) is 2.86. The maximum absolute atomic E-state index is 5.35. The molecule has 0 saturated carbocycles. The fourth-order valence-electron chi connectivity index (χ4n) is 2.25. The van der Waals surface area contributed by atoms with Crippen LogP contribution < -0.4 is 10.1 Å². The summed E-state index contributed by atoms with van der Waals surface area (Å²) in [5, 5.41) is 11.7. The van der Waals surface area contributed by atoms with Crippen LogP contribution in [0.3, 0.4) is 0 Å². The molecule has 0 amide bonds. The second kappa shape index (κ2) is 7.22. The molecule has 1 aromatic carbocycles. The minimum absolute atomic E-state index is 0.433. The number of nitrogens with zero attached hydrogens (tertiary/aromatic N) is 3. The van der Waals surface area contributed by atoms with Gasteiger partial charge in [0.05, 0.1) is 19.0 Å². The molecule has 1 N–H and O–H groups in total. The van der Waals surface area contributed by atoms with Gasteiger partial charge in [0.2, 0.25) is 0 Å². The molecule has 2 rings (SSSR count). The zero-order chi connectivity index (χ0) is 15.2. The summed E-state index contributed by atoms with van der Waals surface area (Å²) < 4.78 is 7.30. The molecule has 5 nitrogen and oxygen atoms in total. The number of hydrogen-bond acceptors (Lipinski definition) is 4. The highest BCUT2D eigenvalue weighted by Crippen LogP contribution is 2.27. The van der Waals surface area contributed by atoms with Gasteiger partial charge in [-0.15, -0.1) is 5.10 Å². The molecular weight excluding hydrogens is 264 g/mol. The van der Waals surface area contributed by atoms with Crippen molar-refractivity contribution in [2.75, 3.05) is 7.11 Å². The summed E-state index contributed by atoms with van der Waals surface area (Å²) in [6, 6.07) is 6.58. The van der Waals surface area contributed by atoms with Crippen molar-refractivity contribution in [3.8, 4) is 17.0 Å². The van der Waals surface area contributed by atoms with Gasteiger partial charge in [0, 0.05) is 24.7 Å². The lowest BCUT2D eigenvalue weighted by molar-refractivity contribution is 0.414. The Morgan fingerprint density at radius 3 is 2.81 bits per heavy atom. The number of aromatic nitrogens is 3. The molecule has 0 spiro atoms. The first-order chi connectivity index (χ1) is 10.2. The van der Waals surface area contributed by atoms with Crippen molar-refractivity contribution >= 4 is 0 Å². The minimum Gasteiger partial charge on any atom is -0.497 e. The second-order valence-electron chi connectivity index (χ2n) is 5.40.